The molecule has 0 aliphatic carbocycles. The minimum Gasteiger partial charge on any atom is -0.493 e. The maximum absolute atomic E-state index is 12.5. The molecule has 2 bridgehead atoms. The summed E-state index contributed by atoms with van der Waals surface area (Å²) in [5, 5.41) is 24.7. The molecule has 2 aromatic carbocycles. The topological polar surface area (TPSA) is 135 Å². The number of aliphatic carboxylic acids is 1. The number of likely N-dealkylation sites (tertiary alicyclic amines) is 2. The number of carboxylic acids is 1. The highest BCUT2D eigenvalue weighted by atomic mass is 16.5. The first-order valence-corrected chi connectivity index (χ1v) is 13.7. The van der Waals surface area contributed by atoms with Gasteiger partial charge in [0.25, 0.3) is 5.91 Å². The second-order valence-electron chi connectivity index (χ2n) is 10.9. The molecule has 10 heteroatoms. The lowest BCUT2D eigenvalue weighted by Crippen LogP contribution is -2.58. The maximum atomic E-state index is 12.5. The van der Waals surface area contributed by atoms with Crippen LogP contribution in [0.2, 0.25) is 0 Å². The van der Waals surface area contributed by atoms with Crippen molar-refractivity contribution in [1.29, 1.82) is 5.26 Å². The van der Waals surface area contributed by atoms with Gasteiger partial charge in [0.1, 0.15) is 11.8 Å². The number of amides is 2. The fraction of sp³-hybridized carbons (Fsp3) is 0.467. The van der Waals surface area contributed by atoms with Gasteiger partial charge < -0.3 is 25.4 Å². The first kappa shape index (κ1) is 29.1. The third kappa shape index (κ3) is 7.81. The number of rotatable bonds is 11. The Morgan fingerprint density at radius 3 is 2.27 bits per heavy atom. The number of hydrogen-bond donors (Lipinski definition) is 3. The van der Waals surface area contributed by atoms with E-state index in [-0.39, 0.29) is 24.3 Å². The predicted molar refractivity (Wildman–Crippen MR) is 150 cm³/mol. The van der Waals surface area contributed by atoms with Crippen molar-refractivity contribution in [3.05, 3.63) is 59.7 Å². The van der Waals surface area contributed by atoms with Gasteiger partial charge in [0, 0.05) is 63.4 Å². The molecule has 0 aromatic heterocycles. The van der Waals surface area contributed by atoms with Gasteiger partial charge in [-0.25, -0.2) is 0 Å². The minimum atomic E-state index is -0.833. The van der Waals surface area contributed by atoms with Crippen molar-refractivity contribution in [2.24, 2.45) is 17.8 Å². The van der Waals surface area contributed by atoms with E-state index in [1.807, 2.05) is 6.92 Å². The Bertz CT molecular complexity index is 1210. The van der Waals surface area contributed by atoms with Crippen LogP contribution in [0.5, 0.6) is 5.75 Å². The van der Waals surface area contributed by atoms with Gasteiger partial charge in [0.15, 0.2) is 0 Å². The lowest BCUT2D eigenvalue weighted by atomic mass is 9.83. The van der Waals surface area contributed by atoms with Gasteiger partial charge in [-0.05, 0) is 66.8 Å². The van der Waals surface area contributed by atoms with Gasteiger partial charge in [-0.3, -0.25) is 19.3 Å². The fourth-order valence-corrected chi connectivity index (χ4v) is 5.88. The second-order valence-corrected chi connectivity index (χ2v) is 10.9. The van der Waals surface area contributed by atoms with Crippen LogP contribution in [0.1, 0.15) is 36.2 Å². The summed E-state index contributed by atoms with van der Waals surface area (Å²) in [5.41, 5.74) is 1.74. The average molecular weight is 548 g/mol. The summed E-state index contributed by atoms with van der Waals surface area (Å²) in [6.45, 7) is 8.07. The standard InChI is InChI=1S/C30H37N5O5/c1-20(19-40-27-9-3-22(14-31)4-10-27)28(30(38)39)35-17-23-13-24(18-35)16-34(15-23)12-11-32-29(37)25-5-7-26(8-6-25)33-21(2)36/h3-10,20,23-24,28H,11-13,15-19H2,1-2H3,(H,32,37)(H,33,36)(H,38,39). The highest BCUT2D eigenvalue weighted by Crippen LogP contribution is 2.31. The van der Waals surface area contributed by atoms with Gasteiger partial charge >= 0.3 is 5.97 Å². The first-order chi connectivity index (χ1) is 19.2. The molecule has 2 saturated heterocycles. The van der Waals surface area contributed by atoms with Crippen molar-refractivity contribution in [1.82, 2.24) is 15.1 Å². The highest BCUT2D eigenvalue weighted by molar-refractivity contribution is 5.95. The quantitative estimate of drug-likeness (QED) is 0.391. The molecule has 0 radical (unpaired) electrons. The SMILES string of the molecule is CC(=O)Nc1ccc(C(=O)NCCN2CC3CC(C2)CN(C(C(=O)O)C(C)COc2ccc(C#N)cc2)C3)cc1. The molecule has 4 atom stereocenters. The summed E-state index contributed by atoms with van der Waals surface area (Å²) in [6, 6.07) is 15.1. The van der Waals surface area contributed by atoms with E-state index in [9.17, 15) is 19.5 Å². The summed E-state index contributed by atoms with van der Waals surface area (Å²) in [4.78, 5) is 40.5. The summed E-state index contributed by atoms with van der Waals surface area (Å²) < 4.78 is 5.86. The Kier molecular flexibility index (Phi) is 9.74. The van der Waals surface area contributed by atoms with Crippen LogP contribution in [-0.2, 0) is 9.59 Å². The molecule has 0 spiro atoms. The van der Waals surface area contributed by atoms with E-state index in [1.54, 1.807) is 48.5 Å². The number of carbonyl (C=O) groups excluding carboxylic acids is 2. The van der Waals surface area contributed by atoms with Gasteiger partial charge in [-0.15, -0.1) is 0 Å². The van der Waals surface area contributed by atoms with Crippen molar-refractivity contribution in [2.45, 2.75) is 26.3 Å². The van der Waals surface area contributed by atoms with E-state index in [1.165, 1.54) is 6.92 Å². The number of fused-ring (bicyclic) bond motifs is 2. The van der Waals surface area contributed by atoms with E-state index < -0.39 is 12.0 Å². The van der Waals surface area contributed by atoms with Gasteiger partial charge in [-0.2, -0.15) is 5.26 Å². The number of nitrogens with one attached hydrogen (secondary N) is 2. The van der Waals surface area contributed by atoms with Crippen molar-refractivity contribution in [2.75, 3.05) is 51.2 Å². The zero-order valence-corrected chi connectivity index (χ0v) is 23.0. The smallest absolute Gasteiger partial charge is 0.321 e. The summed E-state index contributed by atoms with van der Waals surface area (Å²) in [7, 11) is 0. The Morgan fingerprint density at radius 1 is 1.05 bits per heavy atom. The molecule has 2 amide bonds. The van der Waals surface area contributed by atoms with Gasteiger partial charge in [-0.1, -0.05) is 6.92 Å². The maximum Gasteiger partial charge on any atom is 0.321 e. The van der Waals surface area contributed by atoms with Crippen LogP contribution in [0, 0.1) is 29.1 Å². The molecular formula is C30H37N5O5. The predicted octanol–water partition coefficient (Wildman–Crippen LogP) is 2.67. The number of ether oxygens (including phenoxy) is 1. The average Bonchev–Trinajstić information content (AvgIpc) is 2.91. The van der Waals surface area contributed by atoms with Crippen LogP contribution in [0.15, 0.2) is 48.5 Å². The van der Waals surface area contributed by atoms with Crippen molar-refractivity contribution >= 4 is 23.5 Å². The van der Waals surface area contributed by atoms with Crippen LogP contribution in [-0.4, -0.2) is 84.6 Å². The molecule has 2 aliphatic rings. The van der Waals surface area contributed by atoms with Gasteiger partial charge in [0.2, 0.25) is 5.91 Å². The first-order valence-electron chi connectivity index (χ1n) is 13.7. The van der Waals surface area contributed by atoms with Crippen molar-refractivity contribution < 1.29 is 24.2 Å². The highest BCUT2D eigenvalue weighted by Gasteiger charge is 2.40. The Labute approximate surface area is 234 Å². The van der Waals surface area contributed by atoms with Crippen LogP contribution in [0.4, 0.5) is 5.69 Å². The molecule has 212 valence electrons. The number of hydrogen-bond acceptors (Lipinski definition) is 7. The number of benzene rings is 2. The fourth-order valence-electron chi connectivity index (χ4n) is 5.88. The van der Waals surface area contributed by atoms with Crippen LogP contribution < -0.4 is 15.4 Å². The molecule has 2 heterocycles. The molecular weight excluding hydrogens is 510 g/mol. The van der Waals surface area contributed by atoms with Crippen molar-refractivity contribution in [3.8, 4) is 11.8 Å². The monoisotopic (exact) mass is 547 g/mol. The lowest BCUT2D eigenvalue weighted by Gasteiger charge is -2.48. The molecule has 4 unspecified atom stereocenters. The number of carboxylic acid groups (broad SMARTS) is 1. The van der Waals surface area contributed by atoms with Crippen LogP contribution in [0.25, 0.3) is 0 Å². The van der Waals surface area contributed by atoms with E-state index in [4.69, 9.17) is 10.00 Å². The van der Waals surface area contributed by atoms with E-state index >= 15 is 0 Å². The number of anilines is 1. The zero-order valence-electron chi connectivity index (χ0n) is 23.0. The molecule has 2 fully saturated rings. The molecule has 3 N–H and O–H groups in total. The minimum absolute atomic E-state index is 0.153. The number of nitrogens with zero attached hydrogens (tertiary/aromatic N) is 3. The van der Waals surface area contributed by atoms with Crippen molar-refractivity contribution in [3.63, 3.8) is 0 Å². The summed E-state index contributed by atoms with van der Waals surface area (Å²) in [5.74, 6) is 0.00466. The largest absolute Gasteiger partial charge is 0.493 e. The van der Waals surface area contributed by atoms with E-state index in [0.29, 0.717) is 40.9 Å². The zero-order chi connectivity index (χ0) is 28.6. The Balaban J connectivity index is 1.24. The van der Waals surface area contributed by atoms with Crippen LogP contribution in [0.3, 0.4) is 0 Å². The molecule has 10 nitrogen and oxygen atoms in total. The normalized spacial score (nSPS) is 20.5. The second kappa shape index (κ2) is 13.4. The van der Waals surface area contributed by atoms with Crippen LogP contribution >= 0.6 is 0 Å². The van der Waals surface area contributed by atoms with E-state index in [0.717, 1.165) is 39.1 Å². The lowest BCUT2D eigenvalue weighted by molar-refractivity contribution is -0.148. The van der Waals surface area contributed by atoms with Gasteiger partial charge in [0.05, 0.1) is 18.2 Å². The Morgan fingerprint density at radius 2 is 1.70 bits per heavy atom. The number of piperidine rings is 2. The van der Waals surface area contributed by atoms with E-state index in [2.05, 4.69) is 26.5 Å². The molecule has 0 saturated carbocycles. The Hall–Kier alpha value is -3.94. The molecule has 2 aliphatic heterocycles. The number of nitriles is 1. The number of carbonyl (C=O) groups is 3. The molecule has 2 aromatic rings. The third-order valence-electron chi connectivity index (χ3n) is 7.55. The third-order valence-corrected chi connectivity index (χ3v) is 7.55. The molecule has 4 rings (SSSR count). The molecule has 40 heavy (non-hydrogen) atoms. The summed E-state index contributed by atoms with van der Waals surface area (Å²) in [6.07, 6.45) is 1.09. The summed E-state index contributed by atoms with van der Waals surface area (Å²) >= 11 is 0.